The molecule has 2 rings (SSSR count). The molecule has 0 aromatic heterocycles. The van der Waals surface area contributed by atoms with Gasteiger partial charge in [0.05, 0.1) is 6.04 Å². The Morgan fingerprint density at radius 1 is 1.24 bits per heavy atom. The maximum atomic E-state index is 5.88. The minimum absolute atomic E-state index is 0.269. The molecule has 0 bridgehead atoms. The van der Waals surface area contributed by atoms with Crippen molar-refractivity contribution in [3.63, 3.8) is 0 Å². The second-order valence-electron chi connectivity index (χ2n) is 5.17. The Bertz CT molecular complexity index is 513. The van der Waals surface area contributed by atoms with Gasteiger partial charge in [-0.25, -0.2) is 0 Å². The third kappa shape index (κ3) is 4.57. The van der Waals surface area contributed by atoms with Crippen LogP contribution in [0.2, 0.25) is 0 Å². The smallest absolute Gasteiger partial charge is 0.0599 e. The van der Waals surface area contributed by atoms with Gasteiger partial charge >= 0.3 is 0 Å². The molecule has 0 spiro atoms. The topological polar surface area (TPSA) is 15.3 Å². The predicted molar refractivity (Wildman–Crippen MR) is 91.5 cm³/mol. The van der Waals surface area contributed by atoms with Crippen molar-refractivity contribution >= 4 is 11.6 Å². The van der Waals surface area contributed by atoms with E-state index in [1.807, 2.05) is 6.08 Å². The highest BCUT2D eigenvalue weighted by Crippen LogP contribution is 2.30. The summed E-state index contributed by atoms with van der Waals surface area (Å²) in [6.45, 7) is 9.98. The van der Waals surface area contributed by atoms with Crippen LogP contribution in [0.5, 0.6) is 0 Å². The second-order valence-corrected chi connectivity index (χ2v) is 5.65. The number of halogens is 1. The van der Waals surface area contributed by atoms with Crippen LogP contribution < -0.4 is 5.32 Å². The van der Waals surface area contributed by atoms with Crippen molar-refractivity contribution in [2.45, 2.75) is 13.0 Å². The summed E-state index contributed by atoms with van der Waals surface area (Å²) in [6.07, 6.45) is 6.11. The molecule has 1 aliphatic heterocycles. The van der Waals surface area contributed by atoms with Crippen molar-refractivity contribution in [3.8, 4) is 0 Å². The number of nitrogens with one attached hydrogen (secondary N) is 1. The van der Waals surface area contributed by atoms with Gasteiger partial charge in [0.25, 0.3) is 0 Å². The van der Waals surface area contributed by atoms with Gasteiger partial charge in [-0.2, -0.15) is 0 Å². The van der Waals surface area contributed by atoms with Crippen LogP contribution in [0, 0.1) is 0 Å². The lowest BCUT2D eigenvalue weighted by molar-refractivity contribution is 0.198. The average molecular weight is 303 g/mol. The molecule has 1 aliphatic rings. The molecule has 1 saturated heterocycles. The number of rotatable bonds is 5. The third-order valence-electron chi connectivity index (χ3n) is 3.74. The number of hydrogen-bond donors (Lipinski definition) is 1. The van der Waals surface area contributed by atoms with Gasteiger partial charge in [-0.3, -0.25) is 4.90 Å². The van der Waals surface area contributed by atoms with Crippen LogP contribution >= 0.6 is 11.6 Å². The van der Waals surface area contributed by atoms with Gasteiger partial charge in [-0.15, -0.1) is 0 Å². The highest BCUT2D eigenvalue weighted by atomic mass is 35.5. The molecular formula is C18H23ClN2. The normalized spacial score (nSPS) is 18.9. The maximum Gasteiger partial charge on any atom is 0.0599 e. The maximum absolute atomic E-state index is 5.88. The molecule has 1 aromatic rings. The lowest BCUT2D eigenvalue weighted by Gasteiger charge is -2.36. The Morgan fingerprint density at radius 3 is 2.48 bits per heavy atom. The predicted octanol–water partition coefficient (Wildman–Crippen LogP) is 3.89. The first-order chi connectivity index (χ1) is 10.2. The van der Waals surface area contributed by atoms with E-state index in [9.17, 15) is 0 Å². The van der Waals surface area contributed by atoms with Crippen LogP contribution in [0.25, 0.3) is 0 Å². The molecule has 1 aromatic carbocycles. The molecule has 1 atom stereocenters. The van der Waals surface area contributed by atoms with E-state index in [-0.39, 0.29) is 6.04 Å². The van der Waals surface area contributed by atoms with E-state index < -0.39 is 0 Å². The van der Waals surface area contributed by atoms with E-state index in [1.165, 1.54) is 11.1 Å². The molecule has 1 unspecified atom stereocenters. The summed E-state index contributed by atoms with van der Waals surface area (Å²) >= 11 is 5.88. The first-order valence-electron chi connectivity index (χ1n) is 7.41. The second kappa shape index (κ2) is 8.18. The fourth-order valence-electron chi connectivity index (χ4n) is 2.72. The minimum atomic E-state index is 0.269. The number of allylic oxidation sites excluding steroid dienone is 3. The first kappa shape index (κ1) is 16.0. The Kier molecular flexibility index (Phi) is 6.24. The zero-order chi connectivity index (χ0) is 15.1. The van der Waals surface area contributed by atoms with E-state index in [0.29, 0.717) is 5.03 Å². The highest BCUT2D eigenvalue weighted by molar-refractivity contribution is 6.30. The van der Waals surface area contributed by atoms with Crippen LogP contribution in [0.1, 0.15) is 18.5 Å². The molecule has 3 heteroatoms. The van der Waals surface area contributed by atoms with Crippen LogP contribution in [-0.2, 0) is 0 Å². The van der Waals surface area contributed by atoms with Gasteiger partial charge in [0.1, 0.15) is 0 Å². The third-order valence-corrected chi connectivity index (χ3v) is 3.86. The molecule has 2 nitrogen and oxygen atoms in total. The zero-order valence-corrected chi connectivity index (χ0v) is 13.3. The van der Waals surface area contributed by atoms with Gasteiger partial charge < -0.3 is 5.32 Å². The van der Waals surface area contributed by atoms with Crippen LogP contribution in [0.4, 0.5) is 0 Å². The number of hydrogen-bond acceptors (Lipinski definition) is 2. The van der Waals surface area contributed by atoms with Crippen molar-refractivity contribution in [3.05, 3.63) is 71.3 Å². The lowest BCUT2D eigenvalue weighted by atomic mass is 9.95. The van der Waals surface area contributed by atoms with Gasteiger partial charge in [0, 0.05) is 31.2 Å². The van der Waals surface area contributed by atoms with Crippen LogP contribution in [0.3, 0.4) is 0 Å². The molecule has 112 valence electrons. The monoisotopic (exact) mass is 302 g/mol. The zero-order valence-electron chi connectivity index (χ0n) is 12.6. The van der Waals surface area contributed by atoms with Crippen LogP contribution in [0.15, 0.2) is 65.7 Å². The summed E-state index contributed by atoms with van der Waals surface area (Å²) in [5.41, 5.74) is 2.57. The molecule has 0 radical (unpaired) electrons. The standard InChI is InChI=1S/C18H23ClN2/c1-3-16(10-9-15(2)19)18(17-7-5-4-6-8-17)21-13-11-20-12-14-21/h3-10,18,20H,2,11-14H2,1H3/b10-9-,16-3+. The fourth-order valence-corrected chi connectivity index (χ4v) is 2.78. The quantitative estimate of drug-likeness (QED) is 0.830. The Labute approximate surface area is 132 Å². The van der Waals surface area contributed by atoms with Crippen molar-refractivity contribution in [1.82, 2.24) is 10.2 Å². The van der Waals surface area contributed by atoms with Crippen LogP contribution in [-0.4, -0.2) is 31.1 Å². The molecule has 1 fully saturated rings. The Morgan fingerprint density at radius 2 is 1.90 bits per heavy atom. The van der Waals surface area contributed by atoms with E-state index in [1.54, 1.807) is 0 Å². The number of benzene rings is 1. The molecule has 0 amide bonds. The van der Waals surface area contributed by atoms with Gasteiger partial charge in [0.15, 0.2) is 0 Å². The molecule has 21 heavy (non-hydrogen) atoms. The number of nitrogens with zero attached hydrogens (tertiary/aromatic N) is 1. The molecular weight excluding hydrogens is 280 g/mol. The largest absolute Gasteiger partial charge is 0.314 e. The van der Waals surface area contributed by atoms with Gasteiger partial charge in [-0.1, -0.05) is 60.7 Å². The van der Waals surface area contributed by atoms with E-state index in [2.05, 4.69) is 66.2 Å². The van der Waals surface area contributed by atoms with E-state index in [4.69, 9.17) is 11.6 Å². The molecule has 0 aliphatic carbocycles. The molecule has 1 N–H and O–H groups in total. The highest BCUT2D eigenvalue weighted by Gasteiger charge is 2.23. The summed E-state index contributed by atoms with van der Waals surface area (Å²) < 4.78 is 0. The number of piperazine rings is 1. The summed E-state index contributed by atoms with van der Waals surface area (Å²) in [5.74, 6) is 0. The van der Waals surface area contributed by atoms with Gasteiger partial charge in [-0.05, 0) is 24.1 Å². The average Bonchev–Trinajstić information content (AvgIpc) is 2.53. The summed E-state index contributed by atoms with van der Waals surface area (Å²) in [5, 5.41) is 3.97. The van der Waals surface area contributed by atoms with E-state index >= 15 is 0 Å². The van der Waals surface area contributed by atoms with Crippen molar-refractivity contribution < 1.29 is 0 Å². The van der Waals surface area contributed by atoms with E-state index in [0.717, 1.165) is 26.2 Å². The molecule has 0 saturated carbocycles. The van der Waals surface area contributed by atoms with Crippen molar-refractivity contribution in [2.24, 2.45) is 0 Å². The van der Waals surface area contributed by atoms with Gasteiger partial charge in [0.2, 0.25) is 0 Å². The summed E-state index contributed by atoms with van der Waals surface area (Å²) in [4.78, 5) is 2.52. The Balaban J connectivity index is 2.32. The van der Waals surface area contributed by atoms with Crippen molar-refractivity contribution in [1.29, 1.82) is 0 Å². The lowest BCUT2D eigenvalue weighted by Crippen LogP contribution is -2.45. The fraction of sp³-hybridized carbons (Fsp3) is 0.333. The Hall–Kier alpha value is -1.35. The van der Waals surface area contributed by atoms with Crippen molar-refractivity contribution in [2.75, 3.05) is 26.2 Å². The minimum Gasteiger partial charge on any atom is -0.314 e. The SMILES string of the molecule is C=C(Cl)/C=C\C(=C/C)C(c1ccccc1)N1CCNCC1. The molecule has 1 heterocycles. The summed E-state index contributed by atoms with van der Waals surface area (Å²) in [6, 6.07) is 10.9. The summed E-state index contributed by atoms with van der Waals surface area (Å²) in [7, 11) is 0. The first-order valence-corrected chi connectivity index (χ1v) is 7.78.